The fourth-order valence-electron chi connectivity index (χ4n) is 3.62. The number of nitrogens with zero attached hydrogens (tertiary/aromatic N) is 3. The lowest BCUT2D eigenvalue weighted by atomic mass is 9.86. The summed E-state index contributed by atoms with van der Waals surface area (Å²) in [7, 11) is -0.804. The summed E-state index contributed by atoms with van der Waals surface area (Å²) in [5.41, 5.74) is -0.0553. The van der Waals surface area contributed by atoms with Gasteiger partial charge in [-0.15, -0.1) is 0 Å². The van der Waals surface area contributed by atoms with E-state index in [4.69, 9.17) is 11.6 Å². The lowest BCUT2D eigenvalue weighted by Crippen LogP contribution is -2.46. The van der Waals surface area contributed by atoms with Crippen LogP contribution in [0.2, 0.25) is 5.02 Å². The first kappa shape index (κ1) is 23.6. The van der Waals surface area contributed by atoms with E-state index in [1.807, 2.05) is 18.8 Å². The number of hydrogen-bond acceptors (Lipinski definition) is 5. The van der Waals surface area contributed by atoms with Crippen LogP contribution in [0.1, 0.15) is 20.3 Å². The first-order valence-electron chi connectivity index (χ1n) is 9.60. The number of benzene rings is 1. The molecule has 11 heteroatoms. The van der Waals surface area contributed by atoms with Crippen molar-refractivity contribution in [3.8, 4) is 0 Å². The number of hydrogen-bond donors (Lipinski definition) is 1. The Hall–Kier alpha value is -2.04. The van der Waals surface area contributed by atoms with Crippen LogP contribution in [-0.4, -0.2) is 51.0 Å². The second-order valence-corrected chi connectivity index (χ2v) is 10.3. The Balaban J connectivity index is 1.93. The molecule has 1 aromatic heterocycles. The molecule has 31 heavy (non-hydrogen) atoms. The monoisotopic (exact) mass is 476 g/mol. The molecule has 1 aliphatic rings. The van der Waals surface area contributed by atoms with Crippen molar-refractivity contribution in [3.63, 3.8) is 0 Å². The molecule has 1 fully saturated rings. The zero-order valence-corrected chi connectivity index (χ0v) is 19.2. The predicted molar refractivity (Wildman–Crippen MR) is 114 cm³/mol. The second kappa shape index (κ2) is 8.48. The Labute approximate surface area is 185 Å². The van der Waals surface area contributed by atoms with Crippen LogP contribution in [-0.2, 0) is 10.0 Å². The van der Waals surface area contributed by atoms with Gasteiger partial charge in [-0.2, -0.15) is 4.39 Å². The third kappa shape index (κ3) is 4.61. The molecule has 6 nitrogen and oxygen atoms in total. The largest absolute Gasteiger partial charge is 0.370 e. The van der Waals surface area contributed by atoms with Gasteiger partial charge in [0.05, 0.1) is 5.69 Å². The average Bonchev–Trinajstić information content (AvgIpc) is 3.14. The summed E-state index contributed by atoms with van der Waals surface area (Å²) in [5.74, 6) is -3.84. The van der Waals surface area contributed by atoms with E-state index in [0.717, 1.165) is 24.6 Å². The van der Waals surface area contributed by atoms with Gasteiger partial charge in [0, 0.05) is 24.7 Å². The van der Waals surface area contributed by atoms with Gasteiger partial charge in [0.15, 0.2) is 10.7 Å². The van der Waals surface area contributed by atoms with E-state index >= 15 is 0 Å². The van der Waals surface area contributed by atoms with Gasteiger partial charge >= 0.3 is 0 Å². The van der Waals surface area contributed by atoms with Crippen LogP contribution in [0.3, 0.4) is 0 Å². The summed E-state index contributed by atoms with van der Waals surface area (Å²) in [6.45, 7) is 5.22. The smallest absolute Gasteiger partial charge is 0.268 e. The van der Waals surface area contributed by atoms with Crippen LogP contribution in [0.5, 0.6) is 0 Å². The normalized spacial score (nSPS) is 17.5. The van der Waals surface area contributed by atoms with Crippen molar-refractivity contribution in [1.82, 2.24) is 9.88 Å². The first-order valence-corrected chi connectivity index (χ1v) is 11.5. The van der Waals surface area contributed by atoms with Crippen LogP contribution in [0.25, 0.3) is 0 Å². The predicted octanol–water partition coefficient (Wildman–Crippen LogP) is 4.12. The van der Waals surface area contributed by atoms with E-state index in [1.165, 1.54) is 6.07 Å². The Kier molecular flexibility index (Phi) is 6.46. The maximum absolute atomic E-state index is 15.0. The lowest BCUT2D eigenvalue weighted by Gasteiger charge is -2.38. The summed E-state index contributed by atoms with van der Waals surface area (Å²) >= 11 is 6.15. The minimum absolute atomic E-state index is 0.0940. The first-order chi connectivity index (χ1) is 14.3. The van der Waals surface area contributed by atoms with Crippen molar-refractivity contribution >= 4 is 33.1 Å². The molecule has 2 heterocycles. The van der Waals surface area contributed by atoms with E-state index in [9.17, 15) is 21.6 Å². The second-order valence-electron chi connectivity index (χ2n) is 8.27. The summed E-state index contributed by atoms with van der Waals surface area (Å²) in [6, 6.07) is 4.29. The number of halogens is 4. The molecular formula is C20H24ClF3N4O2S. The highest BCUT2D eigenvalue weighted by Gasteiger charge is 2.38. The lowest BCUT2D eigenvalue weighted by molar-refractivity contribution is 0.127. The van der Waals surface area contributed by atoms with Crippen LogP contribution in [0, 0.1) is 23.5 Å². The number of sulfonamides is 1. The quantitative estimate of drug-likeness (QED) is 0.502. The molecule has 2 aromatic rings. The van der Waals surface area contributed by atoms with Crippen LogP contribution < -0.4 is 9.62 Å². The van der Waals surface area contributed by atoms with E-state index in [-0.39, 0.29) is 17.1 Å². The molecule has 1 aliphatic heterocycles. The number of anilines is 2. The molecule has 0 saturated carbocycles. The molecule has 0 bridgehead atoms. The van der Waals surface area contributed by atoms with E-state index < -0.39 is 43.3 Å². The molecule has 0 radical (unpaired) electrons. The highest BCUT2D eigenvalue weighted by Crippen LogP contribution is 2.39. The number of pyridine rings is 1. The van der Waals surface area contributed by atoms with Crippen molar-refractivity contribution in [2.75, 3.05) is 36.8 Å². The highest BCUT2D eigenvalue weighted by molar-refractivity contribution is 7.92. The van der Waals surface area contributed by atoms with Gasteiger partial charge in [0.2, 0.25) is 5.95 Å². The molecule has 0 unspecified atom stereocenters. The summed E-state index contributed by atoms with van der Waals surface area (Å²) in [4.78, 5) is 5.95. The van der Waals surface area contributed by atoms with Gasteiger partial charge in [0.25, 0.3) is 10.0 Å². The van der Waals surface area contributed by atoms with Crippen molar-refractivity contribution in [1.29, 1.82) is 0 Å². The molecule has 1 atom stereocenters. The summed E-state index contributed by atoms with van der Waals surface area (Å²) < 4.78 is 70.1. The number of nitrogens with one attached hydrogen (secondary N) is 1. The Morgan fingerprint density at radius 3 is 2.55 bits per heavy atom. The summed E-state index contributed by atoms with van der Waals surface area (Å²) in [6.07, 6.45) is 0.789. The molecule has 1 aromatic carbocycles. The number of rotatable bonds is 6. The fraction of sp³-hybridized carbons (Fsp3) is 0.450. The molecule has 170 valence electrons. The van der Waals surface area contributed by atoms with Crippen molar-refractivity contribution in [2.24, 2.45) is 5.92 Å². The molecule has 1 N–H and O–H groups in total. The molecule has 0 aliphatic carbocycles. The Morgan fingerprint density at radius 1 is 1.26 bits per heavy atom. The topological polar surface area (TPSA) is 65.5 Å². The molecular weight excluding hydrogens is 453 g/mol. The van der Waals surface area contributed by atoms with Crippen molar-refractivity contribution in [3.05, 3.63) is 46.9 Å². The van der Waals surface area contributed by atoms with Gasteiger partial charge < -0.3 is 9.80 Å². The zero-order chi connectivity index (χ0) is 23.1. The van der Waals surface area contributed by atoms with Crippen LogP contribution in [0.15, 0.2) is 29.2 Å². The third-order valence-electron chi connectivity index (χ3n) is 6.00. The van der Waals surface area contributed by atoms with Crippen LogP contribution >= 0.6 is 11.6 Å². The molecule has 0 spiro atoms. The zero-order valence-electron chi connectivity index (χ0n) is 17.6. The number of aromatic nitrogens is 1. The van der Waals surface area contributed by atoms with Gasteiger partial charge in [-0.1, -0.05) is 17.7 Å². The maximum atomic E-state index is 15.0. The Bertz CT molecular complexity index is 1100. The standard InChI is InChI=1S/C20H24ClF3N4O2S/c1-20(2,27(3)4)12-8-9-28(11-12)14-10-13(22)19(18(24)17(14)21)31(29,30)26-16-7-5-6-15(23)25-16/h5-7,10,12H,8-9,11H2,1-4H3,(H,25,26)/t12-/m0/s1. The van der Waals surface area contributed by atoms with E-state index in [1.54, 1.807) is 4.90 Å². The molecule has 1 saturated heterocycles. The van der Waals surface area contributed by atoms with E-state index in [2.05, 4.69) is 23.7 Å². The van der Waals surface area contributed by atoms with Gasteiger partial charge in [0.1, 0.15) is 16.7 Å². The minimum atomic E-state index is -4.74. The third-order valence-corrected chi connectivity index (χ3v) is 7.75. The van der Waals surface area contributed by atoms with Gasteiger partial charge in [-0.05, 0) is 52.4 Å². The SMILES string of the molecule is CN(C)C(C)(C)[C@H]1CCN(c2cc(F)c(S(=O)(=O)Nc3cccc(F)n3)c(F)c2Cl)C1. The maximum Gasteiger partial charge on any atom is 0.268 e. The van der Waals surface area contributed by atoms with Crippen molar-refractivity contribution in [2.45, 2.75) is 30.7 Å². The summed E-state index contributed by atoms with van der Waals surface area (Å²) in [5, 5.41) is -0.489. The molecule has 3 rings (SSSR count). The van der Waals surface area contributed by atoms with Crippen molar-refractivity contribution < 1.29 is 21.6 Å². The minimum Gasteiger partial charge on any atom is -0.370 e. The average molecular weight is 477 g/mol. The fourth-order valence-corrected chi connectivity index (χ4v) is 5.09. The van der Waals surface area contributed by atoms with E-state index in [0.29, 0.717) is 13.1 Å². The van der Waals surface area contributed by atoms with Crippen LogP contribution in [0.4, 0.5) is 24.7 Å². The molecule has 0 amide bonds. The highest BCUT2D eigenvalue weighted by atomic mass is 35.5. The van der Waals surface area contributed by atoms with Gasteiger partial charge in [-0.3, -0.25) is 4.72 Å². The Morgan fingerprint density at radius 2 is 1.94 bits per heavy atom. The van der Waals surface area contributed by atoms with Gasteiger partial charge in [-0.25, -0.2) is 22.2 Å².